The summed E-state index contributed by atoms with van der Waals surface area (Å²) in [5, 5.41) is 12.1. The van der Waals surface area contributed by atoms with Gasteiger partial charge >= 0.3 is 6.03 Å². The van der Waals surface area contributed by atoms with Crippen molar-refractivity contribution in [3.63, 3.8) is 0 Å². The van der Waals surface area contributed by atoms with Gasteiger partial charge in [-0.15, -0.1) is 0 Å². The highest BCUT2D eigenvalue weighted by molar-refractivity contribution is 6.12. The van der Waals surface area contributed by atoms with Crippen LogP contribution in [0.3, 0.4) is 0 Å². The summed E-state index contributed by atoms with van der Waals surface area (Å²) >= 11 is 0. The molecule has 1 aliphatic rings. The summed E-state index contributed by atoms with van der Waals surface area (Å²) in [6, 6.07) is 11.3. The highest BCUT2D eigenvalue weighted by Crippen LogP contribution is 2.24. The van der Waals surface area contributed by atoms with Crippen molar-refractivity contribution in [2.75, 3.05) is 18.0 Å². The van der Waals surface area contributed by atoms with Crippen molar-refractivity contribution < 1.29 is 18.8 Å². The minimum atomic E-state index is -0.613. The third kappa shape index (κ3) is 5.04. The van der Waals surface area contributed by atoms with Crippen LogP contribution in [-0.4, -0.2) is 51.4 Å². The van der Waals surface area contributed by atoms with E-state index >= 15 is 0 Å². The zero-order chi connectivity index (χ0) is 25.8. The number of amides is 4. The maximum atomic E-state index is 13.2. The van der Waals surface area contributed by atoms with E-state index in [1.807, 2.05) is 0 Å². The molecule has 1 aromatic heterocycles. The quantitative estimate of drug-likeness (QED) is 0.348. The number of unbranched alkanes of at least 4 members (excludes halogenated alkanes) is 1. The van der Waals surface area contributed by atoms with Crippen molar-refractivity contribution in [2.45, 2.75) is 31.8 Å². The molecule has 0 bridgehead atoms. The van der Waals surface area contributed by atoms with E-state index in [4.69, 9.17) is 5.73 Å². The molecule has 10 nitrogen and oxygen atoms in total. The Morgan fingerprint density at radius 1 is 1.22 bits per heavy atom. The summed E-state index contributed by atoms with van der Waals surface area (Å²) in [6.45, 7) is 0.328. The normalized spacial score (nSPS) is 14.4. The van der Waals surface area contributed by atoms with Crippen molar-refractivity contribution in [1.82, 2.24) is 19.8 Å². The van der Waals surface area contributed by atoms with Crippen LogP contribution in [-0.2, 0) is 18.4 Å². The van der Waals surface area contributed by atoms with E-state index in [0.717, 1.165) is 17.7 Å². The monoisotopic (exact) mass is 491 g/mol. The van der Waals surface area contributed by atoms with Crippen LogP contribution in [0.15, 0.2) is 42.5 Å². The lowest BCUT2D eigenvalue weighted by molar-refractivity contribution is -0.125. The van der Waals surface area contributed by atoms with Crippen LogP contribution in [0.1, 0.15) is 35.4 Å². The largest absolute Gasteiger partial charge is 0.336 e. The number of benzene rings is 2. The number of nitriles is 1. The lowest BCUT2D eigenvalue weighted by Gasteiger charge is -2.17. The summed E-state index contributed by atoms with van der Waals surface area (Å²) < 4.78 is 15.0. The zero-order valence-corrected chi connectivity index (χ0v) is 19.8. The molecule has 0 radical (unpaired) electrons. The van der Waals surface area contributed by atoms with Gasteiger partial charge in [0.05, 0.1) is 23.6 Å². The number of aryl methyl sites for hydroxylation is 1. The summed E-state index contributed by atoms with van der Waals surface area (Å²) in [5.41, 5.74) is 7.52. The Balaban J connectivity index is 1.50. The van der Waals surface area contributed by atoms with Crippen LogP contribution < -0.4 is 16.0 Å². The van der Waals surface area contributed by atoms with Gasteiger partial charge in [0.25, 0.3) is 11.8 Å². The van der Waals surface area contributed by atoms with E-state index < -0.39 is 23.8 Å². The van der Waals surface area contributed by atoms with Gasteiger partial charge in [0, 0.05) is 18.3 Å². The Hall–Kier alpha value is -4.30. The number of nitrogens with two attached hydrogens (primary N) is 1. The summed E-state index contributed by atoms with van der Waals surface area (Å²) in [5.74, 6) is -0.745. The number of hydrogen-bond donors (Lipinski definition) is 2. The minimum absolute atomic E-state index is 0.0558. The fourth-order valence-electron chi connectivity index (χ4n) is 4.09. The second-order valence-corrected chi connectivity index (χ2v) is 8.56. The van der Waals surface area contributed by atoms with Crippen molar-refractivity contribution in [1.29, 1.82) is 5.26 Å². The van der Waals surface area contributed by atoms with Crippen LogP contribution in [0, 0.1) is 17.1 Å². The minimum Gasteiger partial charge on any atom is -0.336 e. The predicted octanol–water partition coefficient (Wildman–Crippen LogP) is 2.43. The molecular weight excluding hydrogens is 465 g/mol. The predicted molar refractivity (Wildman–Crippen MR) is 130 cm³/mol. The molecule has 3 N–H and O–H groups in total. The molecule has 1 atom stereocenters. The summed E-state index contributed by atoms with van der Waals surface area (Å²) in [6.07, 6.45) is 2.04. The Labute approximate surface area is 207 Å². The number of carbonyl (C=O) groups is 3. The number of hydrogen-bond acceptors (Lipinski definition) is 6. The molecule has 0 spiro atoms. The molecule has 0 aliphatic carbocycles. The molecule has 2 heterocycles. The molecule has 186 valence electrons. The van der Waals surface area contributed by atoms with Crippen LogP contribution in [0.4, 0.5) is 14.9 Å². The Bertz CT molecular complexity index is 1350. The van der Waals surface area contributed by atoms with Crippen molar-refractivity contribution in [3.05, 3.63) is 59.7 Å². The van der Waals surface area contributed by atoms with E-state index in [0.29, 0.717) is 41.1 Å². The van der Waals surface area contributed by atoms with Gasteiger partial charge in [-0.3, -0.25) is 19.4 Å². The first-order valence-corrected chi connectivity index (χ1v) is 11.6. The number of imide groups is 1. The average molecular weight is 492 g/mol. The number of rotatable bonds is 9. The molecule has 0 saturated carbocycles. The molecule has 3 aromatic rings. The number of nitrogens with one attached hydrogen (secondary N) is 1. The van der Waals surface area contributed by atoms with Crippen molar-refractivity contribution in [2.24, 2.45) is 12.8 Å². The zero-order valence-electron chi connectivity index (χ0n) is 19.8. The number of halogens is 1. The second kappa shape index (κ2) is 10.5. The fourth-order valence-corrected chi connectivity index (χ4v) is 4.09. The first kappa shape index (κ1) is 24.8. The van der Waals surface area contributed by atoms with E-state index in [-0.39, 0.29) is 19.0 Å². The van der Waals surface area contributed by atoms with Crippen molar-refractivity contribution in [3.8, 4) is 6.07 Å². The lowest BCUT2D eigenvalue weighted by Crippen LogP contribution is -2.33. The molecule has 4 rings (SSSR count). The molecule has 11 heteroatoms. The number of anilines is 1. The summed E-state index contributed by atoms with van der Waals surface area (Å²) in [7, 11) is 1.74. The molecule has 36 heavy (non-hydrogen) atoms. The maximum Gasteiger partial charge on any atom is 0.332 e. The van der Waals surface area contributed by atoms with Gasteiger partial charge in [-0.1, -0.05) is 0 Å². The molecule has 4 amide bonds. The number of carbonyl (C=O) groups excluding carboxylic acids is 3. The average Bonchev–Trinajstić information content (AvgIpc) is 3.34. The summed E-state index contributed by atoms with van der Waals surface area (Å²) in [4.78, 5) is 45.2. The van der Waals surface area contributed by atoms with Gasteiger partial charge < -0.3 is 15.6 Å². The second-order valence-electron chi connectivity index (χ2n) is 8.56. The van der Waals surface area contributed by atoms with Crippen LogP contribution in [0.25, 0.3) is 11.0 Å². The van der Waals surface area contributed by atoms with Crippen LogP contribution in [0.5, 0.6) is 0 Å². The van der Waals surface area contributed by atoms with Gasteiger partial charge in [-0.25, -0.2) is 14.2 Å². The SMILES string of the molecule is Cn1c(CN2C(=O)CN(c3ccc(F)cc3)C2=O)nc2ccc(C(=O)N[C@H](C#N)CCCCN)cc21. The van der Waals surface area contributed by atoms with Gasteiger partial charge in [-0.2, -0.15) is 5.26 Å². The molecule has 1 fully saturated rings. The molecule has 1 saturated heterocycles. The Morgan fingerprint density at radius 2 is 1.97 bits per heavy atom. The first-order chi connectivity index (χ1) is 17.3. The molecule has 0 unspecified atom stereocenters. The van der Waals surface area contributed by atoms with E-state index in [9.17, 15) is 24.0 Å². The van der Waals surface area contributed by atoms with Gasteiger partial charge in [-0.05, 0) is 68.3 Å². The third-order valence-electron chi connectivity index (χ3n) is 6.14. The van der Waals surface area contributed by atoms with E-state index in [1.54, 1.807) is 29.8 Å². The first-order valence-electron chi connectivity index (χ1n) is 11.6. The van der Waals surface area contributed by atoms with E-state index in [2.05, 4.69) is 16.4 Å². The Morgan fingerprint density at radius 3 is 2.67 bits per heavy atom. The van der Waals surface area contributed by atoms with Gasteiger partial charge in [0.2, 0.25) is 0 Å². The number of aromatic nitrogens is 2. The highest BCUT2D eigenvalue weighted by Gasteiger charge is 2.37. The smallest absolute Gasteiger partial charge is 0.332 e. The number of urea groups is 1. The third-order valence-corrected chi connectivity index (χ3v) is 6.14. The standard InChI is InChI=1S/C25H26FN7O3/c1-31-21-12-16(24(35)29-18(13-28)4-2-3-11-27)5-10-20(21)30-22(31)14-33-23(34)15-32(25(33)36)19-8-6-17(26)7-9-19/h5-10,12,18H,2-4,11,14-15,27H2,1H3,(H,29,35)/t18-/m0/s1. The maximum absolute atomic E-state index is 13.2. The topological polar surface area (TPSA) is 137 Å². The highest BCUT2D eigenvalue weighted by atomic mass is 19.1. The number of imidazole rings is 1. The van der Waals surface area contributed by atoms with E-state index in [1.165, 1.54) is 29.2 Å². The molecule has 1 aliphatic heterocycles. The number of nitrogens with zero attached hydrogens (tertiary/aromatic N) is 5. The molecular formula is C25H26FN7O3. The van der Waals surface area contributed by atoms with Crippen LogP contribution >= 0.6 is 0 Å². The fraction of sp³-hybridized carbons (Fsp3) is 0.320. The number of fused-ring (bicyclic) bond motifs is 1. The lowest BCUT2D eigenvalue weighted by atomic mass is 10.1. The molecule has 2 aromatic carbocycles. The van der Waals surface area contributed by atoms with Gasteiger partial charge in [0.15, 0.2) is 0 Å². The Kier molecular flexibility index (Phi) is 7.26. The van der Waals surface area contributed by atoms with Gasteiger partial charge in [0.1, 0.15) is 24.2 Å². The van der Waals surface area contributed by atoms with Crippen molar-refractivity contribution >= 4 is 34.6 Å². The van der Waals surface area contributed by atoms with Crippen LogP contribution in [0.2, 0.25) is 0 Å².